The first kappa shape index (κ1) is 23.4. The molecule has 3 rings (SSSR count). The lowest BCUT2D eigenvalue weighted by Gasteiger charge is -2.22. The van der Waals surface area contributed by atoms with Gasteiger partial charge in [0.15, 0.2) is 0 Å². The van der Waals surface area contributed by atoms with Gasteiger partial charge in [0.2, 0.25) is 21.8 Å². The molecule has 1 aliphatic heterocycles. The average Bonchev–Trinajstić information content (AvgIpc) is 3.08. The first-order valence-corrected chi connectivity index (χ1v) is 12.3. The number of sulfonamides is 1. The lowest BCUT2D eigenvalue weighted by atomic mass is 10.1. The molecule has 166 valence electrons. The van der Waals surface area contributed by atoms with E-state index in [9.17, 15) is 18.0 Å². The third-order valence-electron chi connectivity index (χ3n) is 4.88. The maximum absolute atomic E-state index is 12.4. The van der Waals surface area contributed by atoms with Gasteiger partial charge in [0.25, 0.3) is 0 Å². The average molecular weight is 484 g/mol. The van der Waals surface area contributed by atoms with Crippen LogP contribution in [0.3, 0.4) is 0 Å². The van der Waals surface area contributed by atoms with E-state index in [1.807, 2.05) is 29.2 Å². The molecule has 2 aromatic rings. The van der Waals surface area contributed by atoms with Gasteiger partial charge in [-0.05, 0) is 35.7 Å². The SMILES string of the molecule is CS(=O)(=O)N(CC(=O)NCc1ccc(CN2CCCC2=O)cc1)c1cc(Cl)cc(Cl)c1. The van der Waals surface area contributed by atoms with Crippen LogP contribution in [0.15, 0.2) is 42.5 Å². The van der Waals surface area contributed by atoms with Crippen molar-refractivity contribution < 1.29 is 18.0 Å². The molecule has 0 unspecified atom stereocenters. The summed E-state index contributed by atoms with van der Waals surface area (Å²) in [7, 11) is -3.73. The van der Waals surface area contributed by atoms with Crippen LogP contribution < -0.4 is 9.62 Å². The van der Waals surface area contributed by atoms with E-state index >= 15 is 0 Å². The normalized spacial score (nSPS) is 14.0. The Balaban J connectivity index is 1.59. The van der Waals surface area contributed by atoms with Gasteiger partial charge in [-0.2, -0.15) is 0 Å². The van der Waals surface area contributed by atoms with Crippen molar-refractivity contribution in [1.82, 2.24) is 10.2 Å². The highest BCUT2D eigenvalue weighted by Gasteiger charge is 2.22. The summed E-state index contributed by atoms with van der Waals surface area (Å²) in [4.78, 5) is 26.0. The van der Waals surface area contributed by atoms with Crippen molar-refractivity contribution in [2.45, 2.75) is 25.9 Å². The molecule has 1 saturated heterocycles. The Morgan fingerprint density at radius 2 is 1.71 bits per heavy atom. The molecule has 0 saturated carbocycles. The second-order valence-electron chi connectivity index (χ2n) is 7.41. The van der Waals surface area contributed by atoms with E-state index in [4.69, 9.17) is 23.2 Å². The second-order valence-corrected chi connectivity index (χ2v) is 10.2. The van der Waals surface area contributed by atoms with Gasteiger partial charge in [0.05, 0.1) is 11.9 Å². The third-order valence-corrected chi connectivity index (χ3v) is 6.46. The molecule has 0 spiro atoms. The molecular weight excluding hydrogens is 461 g/mol. The lowest BCUT2D eigenvalue weighted by Crippen LogP contribution is -2.40. The van der Waals surface area contributed by atoms with Gasteiger partial charge in [-0.15, -0.1) is 0 Å². The van der Waals surface area contributed by atoms with Gasteiger partial charge in [-0.1, -0.05) is 47.5 Å². The Labute approximate surface area is 192 Å². The first-order valence-electron chi connectivity index (χ1n) is 9.68. The molecule has 7 nitrogen and oxygen atoms in total. The summed E-state index contributed by atoms with van der Waals surface area (Å²) in [6.45, 7) is 1.21. The summed E-state index contributed by atoms with van der Waals surface area (Å²) in [5, 5.41) is 3.27. The zero-order chi connectivity index (χ0) is 22.6. The molecule has 1 N–H and O–H groups in total. The highest BCUT2D eigenvalue weighted by atomic mass is 35.5. The molecule has 0 aliphatic carbocycles. The van der Waals surface area contributed by atoms with Crippen molar-refractivity contribution in [2.75, 3.05) is 23.7 Å². The Morgan fingerprint density at radius 1 is 1.10 bits per heavy atom. The number of nitrogens with one attached hydrogen (secondary N) is 1. The topological polar surface area (TPSA) is 86.8 Å². The number of hydrogen-bond donors (Lipinski definition) is 1. The molecule has 1 aliphatic rings. The highest BCUT2D eigenvalue weighted by Crippen LogP contribution is 2.26. The van der Waals surface area contributed by atoms with Crippen molar-refractivity contribution in [3.8, 4) is 0 Å². The van der Waals surface area contributed by atoms with Crippen molar-refractivity contribution in [3.05, 3.63) is 63.6 Å². The zero-order valence-electron chi connectivity index (χ0n) is 17.0. The fraction of sp³-hybridized carbons (Fsp3) is 0.333. The van der Waals surface area contributed by atoms with Crippen LogP contribution in [0.5, 0.6) is 0 Å². The fourth-order valence-electron chi connectivity index (χ4n) is 3.32. The number of carbonyl (C=O) groups is 2. The quantitative estimate of drug-likeness (QED) is 0.624. The summed E-state index contributed by atoms with van der Waals surface area (Å²) >= 11 is 11.9. The maximum Gasteiger partial charge on any atom is 0.241 e. The standard InChI is InChI=1S/C21H23Cl2N3O4S/c1-31(29,30)26(19-10-17(22)9-18(23)11-19)14-20(27)24-12-15-4-6-16(7-5-15)13-25-8-2-3-21(25)28/h4-7,9-11H,2-3,8,12-14H2,1H3,(H,24,27). The van der Waals surface area contributed by atoms with E-state index in [0.717, 1.165) is 34.7 Å². The number of carbonyl (C=O) groups excluding carboxylic acids is 2. The van der Waals surface area contributed by atoms with Gasteiger partial charge in [-0.25, -0.2) is 8.42 Å². The van der Waals surface area contributed by atoms with Crippen LogP contribution in [0, 0.1) is 0 Å². The van der Waals surface area contributed by atoms with Crippen LogP contribution in [0.25, 0.3) is 0 Å². The molecule has 0 atom stereocenters. The van der Waals surface area contributed by atoms with Gasteiger partial charge in [0, 0.05) is 36.1 Å². The van der Waals surface area contributed by atoms with Crippen molar-refractivity contribution in [3.63, 3.8) is 0 Å². The number of benzene rings is 2. The van der Waals surface area contributed by atoms with Crippen LogP contribution >= 0.6 is 23.2 Å². The Morgan fingerprint density at radius 3 is 2.26 bits per heavy atom. The smallest absolute Gasteiger partial charge is 0.241 e. The van der Waals surface area contributed by atoms with Gasteiger partial charge in [-0.3, -0.25) is 13.9 Å². The molecule has 31 heavy (non-hydrogen) atoms. The van der Waals surface area contributed by atoms with Crippen molar-refractivity contribution >= 4 is 50.7 Å². The number of likely N-dealkylation sites (tertiary alicyclic amines) is 1. The number of nitrogens with zero attached hydrogens (tertiary/aromatic N) is 2. The number of rotatable bonds is 8. The fourth-order valence-corrected chi connectivity index (χ4v) is 4.68. The Kier molecular flexibility index (Phi) is 7.46. The minimum absolute atomic E-state index is 0.174. The largest absolute Gasteiger partial charge is 0.350 e. The Bertz CT molecular complexity index is 1050. The number of anilines is 1. The van der Waals surface area contributed by atoms with Crippen LogP contribution in [0.2, 0.25) is 10.0 Å². The van der Waals surface area contributed by atoms with Crippen LogP contribution in [-0.2, 0) is 32.7 Å². The summed E-state index contributed by atoms with van der Waals surface area (Å²) in [5.74, 6) is -0.291. The number of halogens is 2. The zero-order valence-corrected chi connectivity index (χ0v) is 19.3. The second kappa shape index (κ2) is 9.89. The molecule has 1 fully saturated rings. The van der Waals surface area contributed by atoms with E-state index in [1.54, 1.807) is 0 Å². The third kappa shape index (κ3) is 6.59. The molecule has 0 bridgehead atoms. The summed E-state index contributed by atoms with van der Waals surface area (Å²) in [5.41, 5.74) is 2.10. The minimum Gasteiger partial charge on any atom is -0.350 e. The van der Waals surface area contributed by atoms with E-state index in [1.165, 1.54) is 18.2 Å². The van der Waals surface area contributed by atoms with Crippen molar-refractivity contribution in [1.29, 1.82) is 0 Å². The number of amides is 2. The minimum atomic E-state index is -3.73. The van der Waals surface area contributed by atoms with E-state index in [-0.39, 0.29) is 28.2 Å². The lowest BCUT2D eigenvalue weighted by molar-refractivity contribution is -0.128. The predicted molar refractivity (Wildman–Crippen MR) is 122 cm³/mol. The molecule has 0 radical (unpaired) electrons. The van der Waals surface area contributed by atoms with Crippen LogP contribution in [0.4, 0.5) is 5.69 Å². The van der Waals surface area contributed by atoms with Gasteiger partial charge >= 0.3 is 0 Å². The molecular formula is C21H23Cl2N3O4S. The summed E-state index contributed by atoms with van der Waals surface area (Å²) in [6.07, 6.45) is 2.52. The van der Waals surface area contributed by atoms with Crippen LogP contribution in [0.1, 0.15) is 24.0 Å². The summed E-state index contributed by atoms with van der Waals surface area (Å²) < 4.78 is 25.4. The van der Waals surface area contributed by atoms with E-state index in [0.29, 0.717) is 13.0 Å². The van der Waals surface area contributed by atoms with E-state index in [2.05, 4.69) is 5.32 Å². The molecule has 10 heteroatoms. The molecule has 2 amide bonds. The monoisotopic (exact) mass is 483 g/mol. The molecule has 2 aromatic carbocycles. The van der Waals surface area contributed by atoms with Crippen LogP contribution in [-0.4, -0.2) is 44.5 Å². The maximum atomic E-state index is 12.4. The van der Waals surface area contributed by atoms with Gasteiger partial charge < -0.3 is 10.2 Å². The van der Waals surface area contributed by atoms with Crippen molar-refractivity contribution in [2.24, 2.45) is 0 Å². The predicted octanol–water partition coefficient (Wildman–Crippen LogP) is 3.20. The van der Waals surface area contributed by atoms with E-state index < -0.39 is 22.5 Å². The highest BCUT2D eigenvalue weighted by molar-refractivity contribution is 7.92. The summed E-state index contributed by atoms with van der Waals surface area (Å²) in [6, 6.07) is 11.9. The first-order chi connectivity index (χ1) is 14.6. The Hall–Kier alpha value is -2.29. The number of hydrogen-bond acceptors (Lipinski definition) is 4. The van der Waals surface area contributed by atoms with Gasteiger partial charge in [0.1, 0.15) is 6.54 Å². The molecule has 0 aromatic heterocycles. The molecule has 1 heterocycles.